The summed E-state index contributed by atoms with van der Waals surface area (Å²) in [4.78, 5) is 14.2. The summed E-state index contributed by atoms with van der Waals surface area (Å²) in [5, 5.41) is 6.43. The van der Waals surface area contributed by atoms with Crippen molar-refractivity contribution >= 4 is 23.2 Å². The Hall–Kier alpha value is -1.33. The lowest BCUT2D eigenvalue weighted by Gasteiger charge is -2.20. The van der Waals surface area contributed by atoms with Gasteiger partial charge in [0.25, 0.3) is 0 Å². The second kappa shape index (κ2) is 6.20. The highest BCUT2D eigenvalue weighted by Crippen LogP contribution is 2.25. The molecular weight excluding hydrogens is 293 g/mol. The van der Waals surface area contributed by atoms with Crippen molar-refractivity contribution in [3.05, 3.63) is 29.0 Å². The van der Waals surface area contributed by atoms with Gasteiger partial charge in [0.05, 0.1) is 11.1 Å². The molecule has 0 aromatic heterocycles. The van der Waals surface area contributed by atoms with Gasteiger partial charge in [0, 0.05) is 24.8 Å². The van der Waals surface area contributed by atoms with E-state index in [-0.39, 0.29) is 23.0 Å². The number of anilines is 1. The van der Waals surface area contributed by atoms with Gasteiger partial charge in [-0.1, -0.05) is 11.6 Å². The largest absolute Gasteiger partial charge is 0.369 e. The molecule has 2 atom stereocenters. The van der Waals surface area contributed by atoms with Crippen molar-refractivity contribution in [3.63, 3.8) is 0 Å². The zero-order valence-electron chi connectivity index (χ0n) is 11.7. The van der Waals surface area contributed by atoms with E-state index in [1.54, 1.807) is 12.1 Å². The molecule has 0 aliphatic carbocycles. The van der Waals surface area contributed by atoms with E-state index in [1.807, 2.05) is 0 Å². The van der Waals surface area contributed by atoms with Crippen LogP contribution in [0.25, 0.3) is 0 Å². The molecule has 3 rings (SSSR count). The number of amides is 1. The lowest BCUT2D eigenvalue weighted by Crippen LogP contribution is -2.46. The highest BCUT2D eigenvalue weighted by atomic mass is 35.5. The molecule has 1 aromatic rings. The number of carbonyl (C=O) groups is 1. The number of nitrogens with one attached hydrogen (secondary N) is 2. The first-order valence-corrected chi connectivity index (χ1v) is 7.75. The van der Waals surface area contributed by atoms with Crippen molar-refractivity contribution in [1.82, 2.24) is 10.6 Å². The summed E-state index contributed by atoms with van der Waals surface area (Å²) < 4.78 is 13.2. The third-order valence-electron chi connectivity index (χ3n) is 4.18. The summed E-state index contributed by atoms with van der Waals surface area (Å²) >= 11 is 5.82. The maximum Gasteiger partial charge on any atom is 0.237 e. The van der Waals surface area contributed by atoms with Crippen LogP contribution in [0.15, 0.2) is 18.2 Å². The van der Waals surface area contributed by atoms with Gasteiger partial charge in [-0.25, -0.2) is 4.39 Å². The van der Waals surface area contributed by atoms with Crippen LogP contribution in [0.4, 0.5) is 10.1 Å². The Morgan fingerprint density at radius 3 is 3.00 bits per heavy atom. The van der Waals surface area contributed by atoms with Crippen LogP contribution in [0.2, 0.25) is 5.02 Å². The van der Waals surface area contributed by atoms with Crippen molar-refractivity contribution in [2.75, 3.05) is 24.5 Å². The van der Waals surface area contributed by atoms with Crippen molar-refractivity contribution in [3.8, 4) is 0 Å². The summed E-state index contributed by atoms with van der Waals surface area (Å²) in [6.45, 7) is 2.49. The summed E-state index contributed by atoms with van der Waals surface area (Å²) in [6, 6.07) is 4.85. The van der Waals surface area contributed by atoms with Gasteiger partial charge in [0.15, 0.2) is 0 Å². The van der Waals surface area contributed by atoms with Crippen LogP contribution in [0, 0.1) is 5.82 Å². The number of benzene rings is 1. The van der Waals surface area contributed by atoms with Gasteiger partial charge in [-0.3, -0.25) is 4.79 Å². The molecule has 2 aliphatic rings. The number of halogens is 2. The SMILES string of the molecule is O=C(NC1CCN(c2ccc(F)c(Cl)c2)C1)C1CCCN1. The molecule has 1 amide bonds. The lowest BCUT2D eigenvalue weighted by molar-refractivity contribution is -0.123. The molecule has 2 unspecified atom stereocenters. The molecule has 0 radical (unpaired) electrons. The average Bonchev–Trinajstić information content (AvgIpc) is 3.12. The molecular formula is C15H19ClFN3O. The fourth-order valence-electron chi connectivity index (χ4n) is 3.00. The molecule has 21 heavy (non-hydrogen) atoms. The summed E-state index contributed by atoms with van der Waals surface area (Å²) in [7, 11) is 0. The zero-order valence-corrected chi connectivity index (χ0v) is 12.5. The molecule has 4 nitrogen and oxygen atoms in total. The molecule has 0 saturated carbocycles. The monoisotopic (exact) mass is 311 g/mol. The van der Waals surface area contributed by atoms with Crippen molar-refractivity contribution in [1.29, 1.82) is 0 Å². The Labute approximate surface area is 128 Å². The van der Waals surface area contributed by atoms with E-state index in [0.717, 1.165) is 44.6 Å². The van der Waals surface area contributed by atoms with Crippen molar-refractivity contribution < 1.29 is 9.18 Å². The molecule has 114 valence electrons. The topological polar surface area (TPSA) is 44.4 Å². The molecule has 2 saturated heterocycles. The molecule has 6 heteroatoms. The van der Waals surface area contributed by atoms with E-state index >= 15 is 0 Å². The minimum Gasteiger partial charge on any atom is -0.369 e. The smallest absolute Gasteiger partial charge is 0.237 e. The molecule has 0 spiro atoms. The first-order chi connectivity index (χ1) is 10.1. The lowest BCUT2D eigenvalue weighted by atomic mass is 10.2. The zero-order chi connectivity index (χ0) is 14.8. The van der Waals surface area contributed by atoms with Gasteiger partial charge in [0.2, 0.25) is 5.91 Å². The second-order valence-electron chi connectivity index (χ2n) is 5.69. The molecule has 2 fully saturated rings. The fourth-order valence-corrected chi connectivity index (χ4v) is 3.18. The number of nitrogens with zero attached hydrogens (tertiary/aromatic N) is 1. The Balaban J connectivity index is 1.57. The van der Waals surface area contributed by atoms with Crippen molar-refractivity contribution in [2.24, 2.45) is 0 Å². The van der Waals surface area contributed by atoms with Gasteiger partial charge in [-0.15, -0.1) is 0 Å². The number of carbonyl (C=O) groups excluding carboxylic acids is 1. The van der Waals surface area contributed by atoms with E-state index < -0.39 is 5.82 Å². The third-order valence-corrected chi connectivity index (χ3v) is 4.47. The normalized spacial score (nSPS) is 25.3. The number of hydrogen-bond donors (Lipinski definition) is 2. The fraction of sp³-hybridized carbons (Fsp3) is 0.533. The predicted molar refractivity (Wildman–Crippen MR) is 81.2 cm³/mol. The van der Waals surface area contributed by atoms with Crippen LogP contribution >= 0.6 is 11.6 Å². The van der Waals surface area contributed by atoms with E-state index in [9.17, 15) is 9.18 Å². The average molecular weight is 312 g/mol. The van der Waals surface area contributed by atoms with Crippen LogP contribution in [-0.4, -0.2) is 37.6 Å². The summed E-state index contributed by atoms with van der Waals surface area (Å²) in [5.74, 6) is -0.312. The van der Waals surface area contributed by atoms with E-state index in [2.05, 4.69) is 15.5 Å². The quantitative estimate of drug-likeness (QED) is 0.896. The molecule has 2 heterocycles. The highest BCUT2D eigenvalue weighted by molar-refractivity contribution is 6.31. The maximum absolute atomic E-state index is 13.2. The Morgan fingerprint density at radius 2 is 2.29 bits per heavy atom. The van der Waals surface area contributed by atoms with Crippen molar-refractivity contribution in [2.45, 2.75) is 31.3 Å². The van der Waals surface area contributed by atoms with E-state index in [4.69, 9.17) is 11.6 Å². The predicted octanol–water partition coefficient (Wildman–Crippen LogP) is 1.93. The van der Waals surface area contributed by atoms with E-state index in [0.29, 0.717) is 0 Å². The number of rotatable bonds is 3. The minimum atomic E-state index is -0.406. The van der Waals surface area contributed by atoms with Crippen LogP contribution in [0.3, 0.4) is 0 Å². The van der Waals surface area contributed by atoms with Gasteiger partial charge >= 0.3 is 0 Å². The van der Waals surface area contributed by atoms with Gasteiger partial charge in [0.1, 0.15) is 5.82 Å². The highest BCUT2D eigenvalue weighted by Gasteiger charge is 2.28. The molecule has 2 aliphatic heterocycles. The Morgan fingerprint density at radius 1 is 1.43 bits per heavy atom. The summed E-state index contributed by atoms with van der Waals surface area (Å²) in [5.41, 5.74) is 0.900. The van der Waals surface area contributed by atoms with Crippen LogP contribution in [-0.2, 0) is 4.79 Å². The second-order valence-corrected chi connectivity index (χ2v) is 6.09. The van der Waals surface area contributed by atoms with E-state index in [1.165, 1.54) is 6.07 Å². The van der Waals surface area contributed by atoms with Gasteiger partial charge in [-0.2, -0.15) is 0 Å². The van der Waals surface area contributed by atoms with Crippen LogP contribution < -0.4 is 15.5 Å². The molecule has 2 N–H and O–H groups in total. The molecule has 1 aromatic carbocycles. The first-order valence-electron chi connectivity index (χ1n) is 7.37. The van der Waals surface area contributed by atoms with Gasteiger partial charge < -0.3 is 15.5 Å². The summed E-state index contributed by atoms with van der Waals surface area (Å²) in [6.07, 6.45) is 2.87. The maximum atomic E-state index is 13.2. The van der Waals surface area contributed by atoms with Crippen LogP contribution in [0.1, 0.15) is 19.3 Å². The first kappa shape index (κ1) is 14.6. The Bertz CT molecular complexity index is 534. The third kappa shape index (κ3) is 3.30. The van der Waals surface area contributed by atoms with Gasteiger partial charge in [-0.05, 0) is 44.0 Å². The number of hydrogen-bond acceptors (Lipinski definition) is 3. The van der Waals surface area contributed by atoms with Crippen LogP contribution in [0.5, 0.6) is 0 Å². The minimum absolute atomic E-state index is 0.0423. The Kier molecular flexibility index (Phi) is 4.31. The molecule has 0 bridgehead atoms. The standard InChI is InChI=1S/C15H19ClFN3O/c16-12-8-11(3-4-13(12)17)20-7-5-10(9-20)19-15(21)14-2-1-6-18-14/h3-4,8,10,14,18H,1-2,5-7,9H2,(H,19,21).